The first-order chi connectivity index (χ1) is 18.2. The minimum atomic E-state index is -1.19. The number of hydrogen-bond donors (Lipinski definition) is 4. The van der Waals surface area contributed by atoms with E-state index < -0.39 is 23.3 Å². The lowest BCUT2D eigenvalue weighted by Gasteiger charge is -2.49. The number of β-lactam (4-membered cyclic amide) rings is 1. The summed E-state index contributed by atoms with van der Waals surface area (Å²) in [5.41, 5.74) is 5.80. The van der Waals surface area contributed by atoms with Gasteiger partial charge in [-0.15, -0.1) is 39.8 Å². The third-order valence-electron chi connectivity index (χ3n) is 5.43. The summed E-state index contributed by atoms with van der Waals surface area (Å²) in [4.78, 5) is 48.3. The number of aliphatic carboxylic acids is 1. The van der Waals surface area contributed by atoms with Crippen LogP contribution in [0.15, 0.2) is 51.1 Å². The van der Waals surface area contributed by atoms with Crippen LogP contribution in [0.5, 0.6) is 0 Å². The molecular weight excluding hydrogens is 613 g/mol. The van der Waals surface area contributed by atoms with E-state index in [1.807, 2.05) is 0 Å². The summed E-state index contributed by atoms with van der Waals surface area (Å²) in [6, 6.07) is 5.85. The molecule has 2 unspecified atom stereocenters. The molecule has 1 saturated heterocycles. The van der Waals surface area contributed by atoms with Crippen LogP contribution in [0.3, 0.4) is 0 Å². The summed E-state index contributed by atoms with van der Waals surface area (Å²) in [6.07, 6.45) is 1.50. The second-order valence-electron chi connectivity index (χ2n) is 7.84. The van der Waals surface area contributed by atoms with Crippen molar-refractivity contribution in [2.24, 2.45) is 0 Å². The number of fused-ring (bicyclic) bond motifs is 2. The Morgan fingerprint density at radius 2 is 2.11 bits per heavy atom. The lowest BCUT2D eigenvalue weighted by atomic mass is 10.1. The van der Waals surface area contributed by atoms with Crippen molar-refractivity contribution < 1.29 is 24.0 Å². The monoisotopic (exact) mass is 630 g/mol. The summed E-state index contributed by atoms with van der Waals surface area (Å²) in [5.74, 6) is -0.840. The Bertz CT molecular complexity index is 1490. The number of thioether (sulfide) groups is 4. The first kappa shape index (κ1) is 27.3. The standard InChI is InChI=1S/C21H17Cl2N7O4S4/c22-9-1-2-10(23)11(3-9)35-6-14(31)28-16-18(32)29-17(20(33)34)12(5-36-19(16)29)37-8-38-15-4-13(24)27-21-25-7-26-30(15)21/h1-4,7,16,19H,5-6,8H2,(H4,24,25,26,27,28,31,33,34)/p+1. The van der Waals surface area contributed by atoms with Gasteiger partial charge in [-0.25, -0.2) is 9.89 Å². The number of H-pyrrole nitrogens is 1. The van der Waals surface area contributed by atoms with Crippen molar-refractivity contribution in [1.29, 1.82) is 0 Å². The molecule has 11 nitrogen and oxygen atoms in total. The molecule has 17 heteroatoms. The van der Waals surface area contributed by atoms with Crippen molar-refractivity contribution in [2.45, 2.75) is 21.3 Å². The van der Waals surface area contributed by atoms with Gasteiger partial charge in [0.25, 0.3) is 5.91 Å². The molecule has 3 aromatic rings. The molecule has 0 bridgehead atoms. The minimum absolute atomic E-state index is 0.0301. The number of halogens is 2. The van der Waals surface area contributed by atoms with Crippen molar-refractivity contribution in [2.75, 3.05) is 22.3 Å². The van der Waals surface area contributed by atoms with Gasteiger partial charge in [-0.05, 0) is 23.2 Å². The molecule has 5 rings (SSSR count). The molecule has 0 radical (unpaired) electrons. The molecule has 2 aliphatic heterocycles. The lowest BCUT2D eigenvalue weighted by molar-refractivity contribution is -0.619. The number of benzene rings is 1. The molecule has 2 atom stereocenters. The SMILES string of the molecule is Nc1cc(SCSC2=C(C(=O)O)N3C(=O)C(NC(=O)CSc4cc(Cl)ccc4Cl)C3SC2)[n+]2[nH]cnc2n1. The number of rotatable bonds is 9. The van der Waals surface area contributed by atoms with Crippen LogP contribution in [0.25, 0.3) is 5.78 Å². The zero-order valence-corrected chi connectivity index (χ0v) is 23.9. The lowest BCUT2D eigenvalue weighted by Crippen LogP contribution is -2.70. The number of carbonyl (C=O) groups is 3. The highest BCUT2D eigenvalue weighted by Crippen LogP contribution is 2.44. The van der Waals surface area contributed by atoms with Crippen molar-refractivity contribution >= 4 is 99.6 Å². The van der Waals surface area contributed by atoms with Crippen molar-refractivity contribution in [3.05, 3.63) is 51.2 Å². The number of hydrogen-bond acceptors (Lipinski definition) is 10. The van der Waals surface area contributed by atoms with E-state index in [1.165, 1.54) is 58.3 Å². The number of aromatic amines is 1. The van der Waals surface area contributed by atoms with E-state index in [4.69, 9.17) is 28.9 Å². The quantitative estimate of drug-likeness (QED) is 0.0905. The van der Waals surface area contributed by atoms with Gasteiger partial charge in [-0.3, -0.25) is 14.5 Å². The Labute approximate surface area is 242 Å². The topological polar surface area (TPSA) is 158 Å². The van der Waals surface area contributed by atoms with E-state index in [1.54, 1.807) is 28.8 Å². The van der Waals surface area contributed by atoms with Gasteiger partial charge in [-0.1, -0.05) is 39.9 Å². The number of anilines is 1. The van der Waals surface area contributed by atoms with Crippen LogP contribution in [-0.2, 0) is 14.4 Å². The van der Waals surface area contributed by atoms with E-state index in [9.17, 15) is 19.5 Å². The molecular formula is C21H18Cl2N7O4S4+. The Balaban J connectivity index is 1.21. The number of nitrogens with two attached hydrogens (primary N) is 1. The Morgan fingerprint density at radius 3 is 2.89 bits per heavy atom. The number of aromatic nitrogens is 4. The van der Waals surface area contributed by atoms with Gasteiger partial charge in [-0.2, -0.15) is 0 Å². The molecule has 2 aromatic heterocycles. The highest BCUT2D eigenvalue weighted by Gasteiger charge is 2.54. The van der Waals surface area contributed by atoms with Gasteiger partial charge in [0.1, 0.15) is 17.1 Å². The maximum Gasteiger partial charge on any atom is 0.459 e. The van der Waals surface area contributed by atoms with Crippen molar-refractivity contribution in [3.63, 3.8) is 0 Å². The number of nitrogens with zero attached hydrogens (tertiary/aromatic N) is 4. The van der Waals surface area contributed by atoms with Crippen molar-refractivity contribution in [3.8, 4) is 0 Å². The zero-order chi connectivity index (χ0) is 27.0. The highest BCUT2D eigenvalue weighted by atomic mass is 35.5. The van der Waals surface area contributed by atoms with Crippen LogP contribution in [0.1, 0.15) is 0 Å². The summed E-state index contributed by atoms with van der Waals surface area (Å²) >= 11 is 17.5. The fourth-order valence-corrected chi connectivity index (χ4v) is 8.87. The van der Waals surface area contributed by atoms with Crippen LogP contribution in [0, 0.1) is 0 Å². The summed E-state index contributed by atoms with van der Waals surface area (Å²) in [7, 11) is 0. The van der Waals surface area contributed by atoms with Crippen LogP contribution < -0.4 is 15.6 Å². The average molecular weight is 632 g/mol. The first-order valence-electron chi connectivity index (χ1n) is 10.8. The Kier molecular flexibility index (Phi) is 8.21. The third kappa shape index (κ3) is 5.53. The first-order valence-corrected chi connectivity index (χ1v) is 15.5. The summed E-state index contributed by atoms with van der Waals surface area (Å²) < 4.78 is 1.67. The van der Waals surface area contributed by atoms with Crippen LogP contribution in [0.4, 0.5) is 5.82 Å². The van der Waals surface area contributed by atoms with Gasteiger partial charge in [0.2, 0.25) is 11.7 Å². The van der Waals surface area contributed by atoms with E-state index >= 15 is 0 Å². The summed E-state index contributed by atoms with van der Waals surface area (Å²) in [5, 5.41) is 17.3. The number of carboxylic acid groups (broad SMARTS) is 1. The number of nitrogen functional groups attached to an aromatic ring is 1. The van der Waals surface area contributed by atoms with Crippen LogP contribution in [0.2, 0.25) is 10.0 Å². The highest BCUT2D eigenvalue weighted by molar-refractivity contribution is 8.18. The predicted octanol–water partition coefficient (Wildman–Crippen LogP) is 2.70. The second kappa shape index (κ2) is 11.4. The molecule has 4 heterocycles. The predicted molar refractivity (Wildman–Crippen MR) is 149 cm³/mol. The average Bonchev–Trinajstić information content (AvgIpc) is 3.35. The van der Waals surface area contributed by atoms with E-state index in [-0.39, 0.29) is 17.4 Å². The summed E-state index contributed by atoms with van der Waals surface area (Å²) in [6.45, 7) is 0. The number of carbonyl (C=O) groups excluding carboxylic acids is 2. The minimum Gasteiger partial charge on any atom is -0.477 e. The second-order valence-corrected chi connectivity index (χ2v) is 13.2. The fraction of sp³-hybridized carbons (Fsp3) is 0.238. The van der Waals surface area contributed by atoms with Crippen LogP contribution >= 0.6 is 70.2 Å². The molecule has 2 aliphatic rings. The van der Waals surface area contributed by atoms with E-state index in [0.717, 1.165) is 5.03 Å². The molecule has 0 aliphatic carbocycles. The van der Waals surface area contributed by atoms with Gasteiger partial charge in [0.15, 0.2) is 11.4 Å². The van der Waals surface area contributed by atoms with E-state index in [2.05, 4.69) is 20.4 Å². The van der Waals surface area contributed by atoms with Crippen molar-refractivity contribution in [1.82, 2.24) is 25.3 Å². The Morgan fingerprint density at radius 1 is 1.29 bits per heavy atom. The molecule has 1 aromatic carbocycles. The van der Waals surface area contributed by atoms with E-state index in [0.29, 0.717) is 42.3 Å². The normalized spacial score (nSPS) is 18.9. The smallest absolute Gasteiger partial charge is 0.459 e. The fourth-order valence-electron chi connectivity index (χ4n) is 3.75. The molecule has 0 spiro atoms. The molecule has 1 fully saturated rings. The zero-order valence-electron chi connectivity index (χ0n) is 19.1. The van der Waals surface area contributed by atoms with Gasteiger partial charge < -0.3 is 16.2 Å². The Hall–Kier alpha value is -2.30. The molecule has 5 N–H and O–H groups in total. The van der Waals surface area contributed by atoms with Gasteiger partial charge in [0, 0.05) is 26.6 Å². The molecule has 38 heavy (non-hydrogen) atoms. The van der Waals surface area contributed by atoms with Gasteiger partial charge >= 0.3 is 11.7 Å². The molecule has 2 amide bonds. The van der Waals surface area contributed by atoms with Crippen LogP contribution in [-0.4, -0.2) is 70.9 Å². The largest absolute Gasteiger partial charge is 0.477 e. The van der Waals surface area contributed by atoms with Gasteiger partial charge in [0.05, 0.1) is 15.9 Å². The number of carboxylic acids is 1. The maximum absolute atomic E-state index is 12.9. The third-order valence-corrected chi connectivity index (χ3v) is 10.9. The number of amides is 2. The number of nitrogens with one attached hydrogen (secondary N) is 2. The molecule has 0 saturated carbocycles. The molecule has 198 valence electrons. The maximum atomic E-state index is 12.9.